The minimum Gasteiger partial charge on any atom is -0.466 e. The molecular formula is C21H21ClN4O4. The van der Waals surface area contributed by atoms with Crippen LogP contribution in [0.15, 0.2) is 35.5 Å². The highest BCUT2D eigenvalue weighted by atomic mass is 35.5. The average Bonchev–Trinajstić information content (AvgIpc) is 2.73. The van der Waals surface area contributed by atoms with Crippen LogP contribution in [0, 0.1) is 10.1 Å². The molecule has 0 saturated heterocycles. The van der Waals surface area contributed by atoms with E-state index in [4.69, 9.17) is 27.1 Å². The van der Waals surface area contributed by atoms with Gasteiger partial charge in [0, 0.05) is 35.0 Å². The Labute approximate surface area is 178 Å². The quantitative estimate of drug-likeness (QED) is 0.325. The van der Waals surface area contributed by atoms with Crippen LogP contribution in [0.3, 0.4) is 0 Å². The number of allylic oxidation sites excluding steroid dienone is 1. The summed E-state index contributed by atoms with van der Waals surface area (Å²) in [7, 11) is 1.30. The lowest BCUT2D eigenvalue weighted by atomic mass is 9.79. The van der Waals surface area contributed by atoms with Gasteiger partial charge in [-0.25, -0.2) is 9.78 Å². The molecule has 2 aromatic rings. The number of carbonyl (C=O) groups excluding carboxylic acids is 1. The molecule has 0 spiro atoms. The van der Waals surface area contributed by atoms with Crippen LogP contribution in [-0.4, -0.2) is 23.0 Å². The standard InChI is InChI=1S/C21H21ClN4O4/c1-10-15(21(27)30-2)16(11-5-3-6-12(9-11)26(28)29)17-18(23)13-7-4-8-14(22)19(13)25-20(17)24-10/h3,5-6,9,14,16H,4,7-8H2,1-2H3,(H3,23,24,25). The van der Waals surface area contributed by atoms with Gasteiger partial charge in [-0.15, -0.1) is 11.6 Å². The fourth-order valence-electron chi connectivity index (χ4n) is 4.32. The molecule has 0 bridgehead atoms. The Morgan fingerprint density at radius 3 is 2.90 bits per heavy atom. The molecule has 8 nitrogen and oxygen atoms in total. The molecule has 2 heterocycles. The van der Waals surface area contributed by atoms with Crippen molar-refractivity contribution in [1.82, 2.24) is 4.98 Å². The van der Waals surface area contributed by atoms with Gasteiger partial charge >= 0.3 is 5.97 Å². The first-order valence-electron chi connectivity index (χ1n) is 9.60. The summed E-state index contributed by atoms with van der Waals surface area (Å²) in [6.45, 7) is 1.75. The number of nitrogen functional groups attached to an aromatic ring is 1. The average molecular weight is 429 g/mol. The highest BCUT2D eigenvalue weighted by Crippen LogP contribution is 2.48. The molecule has 2 atom stereocenters. The fraction of sp³-hybridized carbons (Fsp3) is 0.333. The summed E-state index contributed by atoms with van der Waals surface area (Å²) in [5.41, 5.74) is 10.8. The molecule has 1 aliphatic heterocycles. The first kappa shape index (κ1) is 20.2. The van der Waals surface area contributed by atoms with Crippen LogP contribution in [0.4, 0.5) is 17.2 Å². The Balaban J connectivity index is 2.00. The van der Waals surface area contributed by atoms with Crippen molar-refractivity contribution < 1.29 is 14.5 Å². The van der Waals surface area contributed by atoms with Crippen molar-refractivity contribution in [1.29, 1.82) is 0 Å². The van der Waals surface area contributed by atoms with Crippen LogP contribution in [0.1, 0.15) is 53.4 Å². The topological polar surface area (TPSA) is 120 Å². The minimum absolute atomic E-state index is 0.0697. The molecule has 9 heteroatoms. The van der Waals surface area contributed by atoms with Gasteiger partial charge in [0.15, 0.2) is 0 Å². The van der Waals surface area contributed by atoms with E-state index in [9.17, 15) is 14.9 Å². The smallest absolute Gasteiger partial charge is 0.336 e. The van der Waals surface area contributed by atoms with Crippen LogP contribution in [-0.2, 0) is 16.0 Å². The van der Waals surface area contributed by atoms with E-state index in [-0.39, 0.29) is 11.1 Å². The molecule has 0 amide bonds. The van der Waals surface area contributed by atoms with E-state index in [0.717, 1.165) is 30.5 Å². The van der Waals surface area contributed by atoms with E-state index in [1.165, 1.54) is 19.2 Å². The summed E-state index contributed by atoms with van der Waals surface area (Å²) < 4.78 is 5.02. The number of ether oxygens (including phenoxy) is 1. The highest BCUT2D eigenvalue weighted by Gasteiger charge is 2.38. The Hall–Kier alpha value is -3.13. The first-order chi connectivity index (χ1) is 14.3. The first-order valence-corrected chi connectivity index (χ1v) is 10.0. The number of fused-ring (bicyclic) bond motifs is 2. The van der Waals surface area contributed by atoms with Crippen molar-refractivity contribution in [3.8, 4) is 0 Å². The van der Waals surface area contributed by atoms with Crippen molar-refractivity contribution in [2.75, 3.05) is 18.2 Å². The molecule has 0 saturated carbocycles. The number of halogens is 1. The summed E-state index contributed by atoms with van der Waals surface area (Å²) in [6.07, 6.45) is 2.44. The molecule has 2 unspecified atom stereocenters. The van der Waals surface area contributed by atoms with E-state index >= 15 is 0 Å². The second-order valence-electron chi connectivity index (χ2n) is 7.45. The summed E-state index contributed by atoms with van der Waals surface area (Å²) >= 11 is 6.50. The number of methoxy groups -OCH3 is 1. The zero-order valence-corrected chi connectivity index (χ0v) is 17.3. The third-order valence-corrected chi connectivity index (χ3v) is 6.12. The van der Waals surface area contributed by atoms with Gasteiger partial charge in [0.1, 0.15) is 5.82 Å². The van der Waals surface area contributed by atoms with Gasteiger partial charge in [0.05, 0.1) is 28.7 Å². The van der Waals surface area contributed by atoms with E-state index in [2.05, 4.69) is 5.32 Å². The maximum absolute atomic E-state index is 12.7. The van der Waals surface area contributed by atoms with Gasteiger partial charge in [-0.2, -0.15) is 0 Å². The molecule has 156 valence electrons. The number of aromatic nitrogens is 1. The Bertz CT molecular complexity index is 1100. The number of hydrogen-bond donors (Lipinski definition) is 2. The maximum atomic E-state index is 12.7. The second-order valence-corrected chi connectivity index (χ2v) is 7.98. The monoisotopic (exact) mass is 428 g/mol. The number of benzene rings is 1. The SMILES string of the molecule is COC(=O)C1=C(C)Nc2nc3c(c(N)c2C1c1cccc([N+](=O)[O-])c1)CCCC3Cl. The number of nitrogens with two attached hydrogens (primary N) is 1. The number of nitro benzene ring substituents is 1. The lowest BCUT2D eigenvalue weighted by molar-refractivity contribution is -0.384. The van der Waals surface area contributed by atoms with E-state index in [1.807, 2.05) is 0 Å². The Morgan fingerprint density at radius 1 is 1.43 bits per heavy atom. The molecule has 30 heavy (non-hydrogen) atoms. The second kappa shape index (κ2) is 7.60. The number of esters is 1. The molecule has 4 rings (SSSR count). The molecule has 0 radical (unpaired) electrons. The van der Waals surface area contributed by atoms with Gasteiger partial charge in [0.25, 0.3) is 5.69 Å². The Morgan fingerprint density at radius 2 is 2.20 bits per heavy atom. The predicted molar refractivity (Wildman–Crippen MR) is 113 cm³/mol. The molecular weight excluding hydrogens is 408 g/mol. The highest BCUT2D eigenvalue weighted by molar-refractivity contribution is 6.21. The number of carbonyl (C=O) groups is 1. The Kier molecular flexibility index (Phi) is 5.11. The summed E-state index contributed by atoms with van der Waals surface area (Å²) in [5.74, 6) is -0.669. The summed E-state index contributed by atoms with van der Waals surface area (Å²) in [4.78, 5) is 28.3. The number of hydrogen-bond acceptors (Lipinski definition) is 7. The third kappa shape index (κ3) is 3.17. The van der Waals surface area contributed by atoms with Crippen LogP contribution in [0.2, 0.25) is 0 Å². The molecule has 3 N–H and O–H groups in total. The van der Waals surface area contributed by atoms with Crippen LogP contribution in [0.25, 0.3) is 0 Å². The summed E-state index contributed by atoms with van der Waals surface area (Å²) in [5, 5.41) is 14.3. The maximum Gasteiger partial charge on any atom is 0.336 e. The molecule has 0 fully saturated rings. The van der Waals surface area contributed by atoms with E-state index < -0.39 is 16.8 Å². The normalized spacial score (nSPS) is 20.1. The predicted octanol–water partition coefficient (Wildman–Crippen LogP) is 4.19. The van der Waals surface area contributed by atoms with Gasteiger partial charge in [-0.05, 0) is 37.3 Å². The minimum atomic E-state index is -0.651. The number of non-ortho nitro benzene ring substituents is 1. The fourth-order valence-corrected chi connectivity index (χ4v) is 4.65. The number of anilines is 2. The van der Waals surface area contributed by atoms with Gasteiger partial charge in [-0.3, -0.25) is 10.1 Å². The number of nitrogens with one attached hydrogen (secondary N) is 1. The number of alkyl halides is 1. The zero-order valence-electron chi connectivity index (χ0n) is 16.6. The van der Waals surface area contributed by atoms with E-state index in [1.54, 1.807) is 19.1 Å². The number of nitrogens with zero attached hydrogens (tertiary/aromatic N) is 2. The number of nitro groups is 1. The van der Waals surface area contributed by atoms with Crippen molar-refractivity contribution in [2.45, 2.75) is 37.5 Å². The number of rotatable bonds is 3. The molecule has 1 aromatic heterocycles. The van der Waals surface area contributed by atoms with Crippen LogP contribution < -0.4 is 11.1 Å². The van der Waals surface area contributed by atoms with Crippen molar-refractivity contribution >= 4 is 34.8 Å². The van der Waals surface area contributed by atoms with Crippen molar-refractivity contribution in [3.63, 3.8) is 0 Å². The van der Waals surface area contributed by atoms with Gasteiger partial charge < -0.3 is 15.8 Å². The van der Waals surface area contributed by atoms with Gasteiger partial charge in [0.2, 0.25) is 0 Å². The largest absolute Gasteiger partial charge is 0.466 e. The lowest BCUT2D eigenvalue weighted by Crippen LogP contribution is -2.27. The molecule has 1 aromatic carbocycles. The molecule has 2 aliphatic rings. The van der Waals surface area contributed by atoms with E-state index in [0.29, 0.717) is 33.9 Å². The van der Waals surface area contributed by atoms with Crippen LogP contribution >= 0.6 is 11.6 Å². The number of pyridine rings is 1. The van der Waals surface area contributed by atoms with Crippen molar-refractivity contribution in [3.05, 3.63) is 68.0 Å². The van der Waals surface area contributed by atoms with Gasteiger partial charge in [-0.1, -0.05) is 12.1 Å². The summed E-state index contributed by atoms with van der Waals surface area (Å²) in [6, 6.07) is 6.20. The van der Waals surface area contributed by atoms with Crippen LogP contribution in [0.5, 0.6) is 0 Å². The lowest BCUT2D eigenvalue weighted by Gasteiger charge is -2.33. The van der Waals surface area contributed by atoms with Crippen molar-refractivity contribution in [2.24, 2.45) is 0 Å². The third-order valence-electron chi connectivity index (χ3n) is 5.70. The molecule has 1 aliphatic carbocycles. The zero-order chi connectivity index (χ0) is 21.6.